The fourth-order valence-electron chi connectivity index (χ4n) is 1.22. The molecule has 1 fully saturated rings. The van der Waals surface area contributed by atoms with Crippen LogP contribution in [0.1, 0.15) is 19.8 Å². The summed E-state index contributed by atoms with van der Waals surface area (Å²) in [5.41, 5.74) is 5.74. The molecule has 0 aliphatic carbocycles. The molecule has 0 aromatic rings. The van der Waals surface area contributed by atoms with Gasteiger partial charge in [-0.3, -0.25) is 4.79 Å². The first-order chi connectivity index (χ1) is 4.63. The molecule has 0 radical (unpaired) electrons. The molecule has 1 amide bonds. The summed E-state index contributed by atoms with van der Waals surface area (Å²) in [6, 6.07) is 0.379. The smallest absolute Gasteiger partial charge is 0.222 e. The van der Waals surface area contributed by atoms with Gasteiger partial charge in [-0.1, -0.05) is 0 Å². The van der Waals surface area contributed by atoms with E-state index in [0.29, 0.717) is 6.42 Å². The van der Waals surface area contributed by atoms with Crippen molar-refractivity contribution in [2.45, 2.75) is 31.8 Å². The maximum atomic E-state index is 11.0. The number of carbonyl (C=O) groups is 1. The first kappa shape index (κ1) is 7.54. The van der Waals surface area contributed by atoms with Gasteiger partial charge in [0.2, 0.25) is 5.91 Å². The van der Waals surface area contributed by atoms with Crippen LogP contribution in [0.2, 0.25) is 0 Å². The van der Waals surface area contributed by atoms with Crippen LogP contribution < -0.4 is 5.73 Å². The van der Waals surface area contributed by atoms with Gasteiger partial charge >= 0.3 is 0 Å². The number of hydrogen-bond acceptors (Lipinski definition) is 2. The van der Waals surface area contributed by atoms with Crippen molar-refractivity contribution in [1.82, 2.24) is 4.90 Å². The highest BCUT2D eigenvalue weighted by Gasteiger charge is 2.26. The van der Waals surface area contributed by atoms with Crippen molar-refractivity contribution >= 4 is 5.91 Å². The molecule has 2 atom stereocenters. The second kappa shape index (κ2) is 2.58. The number of carbonyl (C=O) groups excluding carboxylic acids is 1. The van der Waals surface area contributed by atoms with Crippen LogP contribution in [0, 0.1) is 0 Å². The minimum atomic E-state index is 0.169. The quantitative estimate of drug-likeness (QED) is 0.515. The van der Waals surface area contributed by atoms with Crippen molar-refractivity contribution in [3.8, 4) is 0 Å². The SMILES string of the molecule is CC1C(N)CCC(=O)N1C. The molecule has 0 aromatic carbocycles. The Labute approximate surface area is 61.2 Å². The molecule has 1 heterocycles. The van der Waals surface area contributed by atoms with E-state index in [4.69, 9.17) is 5.73 Å². The maximum absolute atomic E-state index is 11.0. The van der Waals surface area contributed by atoms with Crippen LogP contribution in [0.25, 0.3) is 0 Å². The molecule has 0 aromatic heterocycles. The van der Waals surface area contributed by atoms with Crippen molar-refractivity contribution in [3.63, 3.8) is 0 Å². The van der Waals surface area contributed by atoms with Crippen LogP contribution in [0.3, 0.4) is 0 Å². The molecule has 1 rings (SSSR count). The summed E-state index contributed by atoms with van der Waals surface area (Å²) in [4.78, 5) is 12.8. The molecule has 0 spiro atoms. The topological polar surface area (TPSA) is 46.3 Å². The zero-order chi connectivity index (χ0) is 7.72. The summed E-state index contributed by atoms with van der Waals surface area (Å²) in [7, 11) is 1.81. The number of likely N-dealkylation sites (tertiary alicyclic amines) is 1. The number of nitrogens with zero attached hydrogens (tertiary/aromatic N) is 1. The number of hydrogen-bond donors (Lipinski definition) is 1. The van der Waals surface area contributed by atoms with Crippen LogP contribution in [0.15, 0.2) is 0 Å². The van der Waals surface area contributed by atoms with E-state index >= 15 is 0 Å². The van der Waals surface area contributed by atoms with Gasteiger partial charge in [0.1, 0.15) is 0 Å². The molecule has 3 nitrogen and oxygen atoms in total. The maximum Gasteiger partial charge on any atom is 0.222 e. The Morgan fingerprint density at radius 1 is 1.70 bits per heavy atom. The van der Waals surface area contributed by atoms with E-state index in [2.05, 4.69) is 0 Å². The number of rotatable bonds is 0. The second-order valence-corrected chi connectivity index (χ2v) is 2.95. The van der Waals surface area contributed by atoms with Gasteiger partial charge in [-0.05, 0) is 13.3 Å². The number of piperidine rings is 1. The lowest BCUT2D eigenvalue weighted by Gasteiger charge is -2.34. The Hall–Kier alpha value is -0.570. The summed E-state index contributed by atoms with van der Waals surface area (Å²) < 4.78 is 0. The zero-order valence-corrected chi connectivity index (χ0v) is 6.50. The Morgan fingerprint density at radius 3 is 2.80 bits per heavy atom. The average Bonchev–Trinajstić information content (AvgIpc) is 1.93. The normalized spacial score (nSPS) is 34.7. The average molecular weight is 142 g/mol. The van der Waals surface area contributed by atoms with Gasteiger partial charge in [-0.15, -0.1) is 0 Å². The van der Waals surface area contributed by atoms with Gasteiger partial charge in [0.15, 0.2) is 0 Å². The molecule has 1 aliphatic heterocycles. The summed E-state index contributed by atoms with van der Waals surface area (Å²) >= 11 is 0. The fraction of sp³-hybridized carbons (Fsp3) is 0.857. The van der Waals surface area contributed by atoms with Crippen LogP contribution in [0.5, 0.6) is 0 Å². The Bertz CT molecular complexity index is 147. The van der Waals surface area contributed by atoms with Crippen LogP contribution in [0.4, 0.5) is 0 Å². The van der Waals surface area contributed by atoms with Crippen molar-refractivity contribution in [2.75, 3.05) is 7.05 Å². The molecule has 2 N–H and O–H groups in total. The number of nitrogens with two attached hydrogens (primary N) is 1. The lowest BCUT2D eigenvalue weighted by atomic mass is 9.99. The highest BCUT2D eigenvalue weighted by Crippen LogP contribution is 2.14. The fourth-order valence-corrected chi connectivity index (χ4v) is 1.22. The second-order valence-electron chi connectivity index (χ2n) is 2.95. The Morgan fingerprint density at radius 2 is 2.30 bits per heavy atom. The van der Waals surface area contributed by atoms with E-state index in [1.807, 2.05) is 14.0 Å². The molecule has 1 saturated heterocycles. The molecule has 1 aliphatic rings. The zero-order valence-electron chi connectivity index (χ0n) is 6.50. The van der Waals surface area contributed by atoms with Gasteiger partial charge in [0.05, 0.1) is 0 Å². The van der Waals surface area contributed by atoms with Gasteiger partial charge in [-0.2, -0.15) is 0 Å². The van der Waals surface area contributed by atoms with Crippen molar-refractivity contribution < 1.29 is 4.79 Å². The predicted octanol–water partition coefficient (Wildman–Crippen LogP) is -0.0456. The third-order valence-corrected chi connectivity index (χ3v) is 2.32. The van der Waals surface area contributed by atoms with Gasteiger partial charge in [-0.25, -0.2) is 0 Å². The van der Waals surface area contributed by atoms with E-state index in [1.54, 1.807) is 4.90 Å². The lowest BCUT2D eigenvalue weighted by molar-refractivity contribution is -0.134. The van der Waals surface area contributed by atoms with Gasteiger partial charge in [0, 0.05) is 25.6 Å². The van der Waals surface area contributed by atoms with Gasteiger partial charge < -0.3 is 10.6 Å². The van der Waals surface area contributed by atoms with E-state index in [0.717, 1.165) is 6.42 Å². The molecular weight excluding hydrogens is 128 g/mol. The first-order valence-electron chi connectivity index (χ1n) is 3.64. The summed E-state index contributed by atoms with van der Waals surface area (Å²) in [5.74, 6) is 0.217. The predicted molar refractivity (Wildman–Crippen MR) is 39.4 cm³/mol. The van der Waals surface area contributed by atoms with Crippen molar-refractivity contribution in [2.24, 2.45) is 5.73 Å². The molecule has 2 unspecified atom stereocenters. The molecule has 3 heteroatoms. The summed E-state index contributed by atoms with van der Waals surface area (Å²) in [6.45, 7) is 1.99. The van der Waals surface area contributed by atoms with Crippen molar-refractivity contribution in [3.05, 3.63) is 0 Å². The third kappa shape index (κ3) is 1.14. The van der Waals surface area contributed by atoms with Crippen molar-refractivity contribution in [1.29, 1.82) is 0 Å². The number of likely N-dealkylation sites (N-methyl/N-ethyl adjacent to an activating group) is 1. The third-order valence-electron chi connectivity index (χ3n) is 2.32. The standard InChI is InChI=1S/C7H14N2O/c1-5-6(8)3-4-7(10)9(5)2/h5-6H,3-4,8H2,1-2H3. The van der Waals surface area contributed by atoms with Crippen LogP contribution in [-0.4, -0.2) is 29.9 Å². The largest absolute Gasteiger partial charge is 0.341 e. The Balaban J connectivity index is 2.60. The van der Waals surface area contributed by atoms with Crippen LogP contribution >= 0.6 is 0 Å². The molecule has 58 valence electrons. The molecule has 10 heavy (non-hydrogen) atoms. The summed E-state index contributed by atoms with van der Waals surface area (Å²) in [6.07, 6.45) is 1.45. The highest BCUT2D eigenvalue weighted by atomic mass is 16.2. The van der Waals surface area contributed by atoms with Crippen LogP contribution in [-0.2, 0) is 4.79 Å². The minimum absolute atomic E-state index is 0.169. The molecule has 0 bridgehead atoms. The summed E-state index contributed by atoms with van der Waals surface area (Å²) in [5, 5.41) is 0. The Kier molecular flexibility index (Phi) is 1.94. The molecular formula is C7H14N2O. The van der Waals surface area contributed by atoms with E-state index in [9.17, 15) is 4.79 Å². The van der Waals surface area contributed by atoms with E-state index in [-0.39, 0.29) is 18.0 Å². The lowest BCUT2D eigenvalue weighted by Crippen LogP contribution is -2.51. The first-order valence-corrected chi connectivity index (χ1v) is 3.64. The highest BCUT2D eigenvalue weighted by molar-refractivity contribution is 5.77. The van der Waals surface area contributed by atoms with E-state index in [1.165, 1.54) is 0 Å². The van der Waals surface area contributed by atoms with Gasteiger partial charge in [0.25, 0.3) is 0 Å². The number of amides is 1. The van der Waals surface area contributed by atoms with E-state index < -0.39 is 0 Å². The monoisotopic (exact) mass is 142 g/mol. The molecule has 0 saturated carbocycles. The minimum Gasteiger partial charge on any atom is -0.341 e.